The summed E-state index contributed by atoms with van der Waals surface area (Å²) in [5.41, 5.74) is 2.66. The van der Waals surface area contributed by atoms with Crippen LogP contribution in [0.2, 0.25) is 0 Å². The molecule has 29 heavy (non-hydrogen) atoms. The number of hydrogen-bond acceptors (Lipinski definition) is 5. The molecule has 3 heterocycles. The van der Waals surface area contributed by atoms with E-state index in [1.807, 2.05) is 47.2 Å². The maximum Gasteiger partial charge on any atom is 0.407 e. The van der Waals surface area contributed by atoms with Crippen LogP contribution in [-0.2, 0) is 9.53 Å². The highest BCUT2D eigenvalue weighted by molar-refractivity contribution is 6.18. The van der Waals surface area contributed by atoms with Crippen LogP contribution in [-0.4, -0.2) is 66.6 Å². The van der Waals surface area contributed by atoms with Gasteiger partial charge in [-0.2, -0.15) is 4.57 Å². The lowest BCUT2D eigenvalue weighted by Gasteiger charge is -2.30. The van der Waals surface area contributed by atoms with Gasteiger partial charge < -0.3 is 9.47 Å². The zero-order chi connectivity index (χ0) is 20.9. The number of benzene rings is 1. The number of likely N-dealkylation sites (N-methyl/N-ethyl adjacent to an activating group) is 2. The molecule has 9 heteroatoms. The van der Waals surface area contributed by atoms with E-state index in [0.29, 0.717) is 30.7 Å². The first-order valence-corrected chi connectivity index (χ1v) is 9.36. The minimum absolute atomic E-state index is 0.291. The topological polar surface area (TPSA) is 80.2 Å². The van der Waals surface area contributed by atoms with E-state index < -0.39 is 6.04 Å². The van der Waals surface area contributed by atoms with Crippen LogP contribution in [0.25, 0.3) is 5.69 Å². The number of rotatable bonds is 5. The van der Waals surface area contributed by atoms with Gasteiger partial charge in [-0.3, -0.25) is 14.6 Å². The minimum Gasteiger partial charge on any atom is -0.487 e. The quantitative estimate of drug-likeness (QED) is 0.565. The van der Waals surface area contributed by atoms with E-state index >= 15 is 0 Å². The van der Waals surface area contributed by atoms with Crippen molar-refractivity contribution >= 4 is 23.7 Å². The number of amidine groups is 1. The number of imidazole rings is 1. The average molecular weight is 398 g/mol. The van der Waals surface area contributed by atoms with Gasteiger partial charge in [0.05, 0.1) is 6.61 Å². The van der Waals surface area contributed by atoms with Gasteiger partial charge in [-0.15, -0.1) is 0 Å². The Morgan fingerprint density at radius 1 is 1.10 bits per heavy atom. The largest absolute Gasteiger partial charge is 0.487 e. The lowest BCUT2D eigenvalue weighted by molar-refractivity contribution is -0.682. The normalized spacial score (nSPS) is 18.1. The van der Waals surface area contributed by atoms with Crippen LogP contribution in [0.5, 0.6) is 5.75 Å². The number of ether oxygens (including phenoxy) is 2. The third kappa shape index (κ3) is 2.72. The molecule has 1 aromatic heterocycles. The number of aliphatic imine (C=N–C) groups is 1. The van der Waals surface area contributed by atoms with Crippen LogP contribution >= 0.6 is 0 Å². The van der Waals surface area contributed by atoms with Gasteiger partial charge >= 0.3 is 12.0 Å². The van der Waals surface area contributed by atoms with Gasteiger partial charge in [0.15, 0.2) is 5.75 Å². The van der Waals surface area contributed by atoms with Gasteiger partial charge in [0.2, 0.25) is 11.9 Å². The molecule has 3 amide bonds. The molecule has 1 fully saturated rings. The Bertz CT molecular complexity index is 1040. The summed E-state index contributed by atoms with van der Waals surface area (Å²) in [7, 11) is 4.76. The first-order chi connectivity index (χ1) is 13.9. The number of aromatic nitrogens is 2. The summed E-state index contributed by atoms with van der Waals surface area (Å²) in [5.74, 6) is 1.42. The number of para-hydroxylation sites is 2. The highest BCUT2D eigenvalue weighted by atomic mass is 16.5. The summed E-state index contributed by atoms with van der Waals surface area (Å²) in [6.07, 6.45) is 0. The molecule has 1 atom stereocenters. The minimum atomic E-state index is -0.653. The zero-order valence-electron chi connectivity index (χ0n) is 17.2. The van der Waals surface area contributed by atoms with Crippen LogP contribution in [0, 0.1) is 13.8 Å². The lowest BCUT2D eigenvalue weighted by atomic mass is 10.1. The van der Waals surface area contributed by atoms with Crippen molar-refractivity contribution in [3.63, 3.8) is 0 Å². The van der Waals surface area contributed by atoms with Crippen molar-refractivity contribution in [2.24, 2.45) is 4.99 Å². The second kappa shape index (κ2) is 7.00. The summed E-state index contributed by atoms with van der Waals surface area (Å²) >= 11 is 0. The van der Waals surface area contributed by atoms with E-state index in [-0.39, 0.29) is 11.9 Å². The van der Waals surface area contributed by atoms with Gasteiger partial charge in [-0.25, -0.2) is 9.36 Å². The maximum absolute atomic E-state index is 12.9. The van der Waals surface area contributed by atoms with Gasteiger partial charge in [0.25, 0.3) is 5.91 Å². The van der Waals surface area contributed by atoms with Gasteiger partial charge in [-0.1, -0.05) is 17.1 Å². The Morgan fingerprint density at radius 2 is 1.83 bits per heavy atom. The van der Waals surface area contributed by atoms with Crippen LogP contribution < -0.4 is 9.30 Å². The summed E-state index contributed by atoms with van der Waals surface area (Å²) in [4.78, 5) is 32.5. The van der Waals surface area contributed by atoms with E-state index in [9.17, 15) is 9.59 Å². The van der Waals surface area contributed by atoms with Gasteiger partial charge in [-0.05, 0) is 26.0 Å². The Balaban J connectivity index is 1.87. The molecule has 0 radical (unpaired) electrons. The average Bonchev–Trinajstić information content (AvgIpc) is 3.21. The van der Waals surface area contributed by atoms with Crippen molar-refractivity contribution in [2.75, 3.05) is 34.4 Å². The third-order valence-corrected chi connectivity index (χ3v) is 5.49. The SMILES string of the molecule is COCCOc1ccccc1-n1c(C)c(C)[n+]2c1N=C1C2C(=O)N(C)C(=O)N1C. The van der Waals surface area contributed by atoms with Gasteiger partial charge in [0.1, 0.15) is 23.7 Å². The highest BCUT2D eigenvalue weighted by Gasteiger charge is 2.53. The second-order valence-corrected chi connectivity index (χ2v) is 7.10. The van der Waals surface area contributed by atoms with E-state index in [1.165, 1.54) is 11.9 Å². The third-order valence-electron chi connectivity index (χ3n) is 5.49. The number of amides is 3. The second-order valence-electron chi connectivity index (χ2n) is 7.10. The van der Waals surface area contributed by atoms with Gasteiger partial charge in [0, 0.05) is 21.2 Å². The number of carbonyl (C=O) groups excluding carboxylic acids is 2. The molecule has 152 valence electrons. The van der Waals surface area contributed by atoms with E-state index in [4.69, 9.17) is 14.5 Å². The fraction of sp³-hybridized carbons (Fsp3) is 0.400. The predicted octanol–water partition coefficient (Wildman–Crippen LogP) is 1.52. The van der Waals surface area contributed by atoms with Crippen molar-refractivity contribution in [3.8, 4) is 11.4 Å². The monoisotopic (exact) mass is 398 g/mol. The number of methoxy groups -OCH3 is 1. The van der Waals surface area contributed by atoms with Crippen molar-refractivity contribution in [1.29, 1.82) is 0 Å². The standard InChI is InChI=1S/C20H24N5O4/c1-12-13(2)25-16-17(22(3)20(27)23(4)18(16)26)21-19(25)24(12)14-8-6-7-9-15(14)29-11-10-28-5/h6-9,16H,10-11H2,1-5H3/q+1. The molecule has 0 N–H and O–H groups in total. The fourth-order valence-corrected chi connectivity index (χ4v) is 3.80. The molecule has 0 saturated carbocycles. The predicted molar refractivity (Wildman–Crippen MR) is 105 cm³/mol. The van der Waals surface area contributed by atoms with Crippen molar-refractivity contribution < 1.29 is 23.6 Å². The Hall–Kier alpha value is -3.20. The molecule has 1 unspecified atom stereocenters. The Labute approximate surface area is 168 Å². The van der Waals surface area contributed by atoms with E-state index in [1.54, 1.807) is 14.2 Å². The molecule has 2 aliphatic rings. The molecule has 0 bridgehead atoms. The van der Waals surface area contributed by atoms with Crippen molar-refractivity contribution in [3.05, 3.63) is 35.7 Å². The molecule has 0 aliphatic carbocycles. The molecule has 0 spiro atoms. The molecular formula is C20H24N5O4+. The van der Waals surface area contributed by atoms with E-state index in [2.05, 4.69) is 0 Å². The molecule has 1 saturated heterocycles. The summed E-state index contributed by atoms with van der Waals surface area (Å²) in [6.45, 7) is 4.82. The number of nitrogens with zero attached hydrogens (tertiary/aromatic N) is 5. The smallest absolute Gasteiger partial charge is 0.407 e. The van der Waals surface area contributed by atoms with Crippen molar-refractivity contribution in [2.45, 2.75) is 19.9 Å². The number of imide groups is 1. The molecule has 2 aliphatic heterocycles. The molecule has 2 aromatic rings. The molecular weight excluding hydrogens is 374 g/mol. The first kappa shape index (κ1) is 19.1. The summed E-state index contributed by atoms with van der Waals surface area (Å²) in [5, 5.41) is 0. The summed E-state index contributed by atoms with van der Waals surface area (Å²) in [6, 6.07) is 6.62. The van der Waals surface area contributed by atoms with E-state index in [0.717, 1.165) is 22.0 Å². The molecule has 1 aromatic carbocycles. The lowest BCUT2D eigenvalue weighted by Crippen LogP contribution is -2.62. The zero-order valence-corrected chi connectivity index (χ0v) is 17.2. The number of urea groups is 1. The molecule has 9 nitrogen and oxygen atoms in total. The highest BCUT2D eigenvalue weighted by Crippen LogP contribution is 2.35. The first-order valence-electron chi connectivity index (χ1n) is 9.36. The number of hydrogen-bond donors (Lipinski definition) is 0. The summed E-state index contributed by atoms with van der Waals surface area (Å²) < 4.78 is 14.8. The fourth-order valence-electron chi connectivity index (χ4n) is 3.80. The molecule has 4 rings (SSSR count). The number of fused-ring (bicyclic) bond motifs is 3. The number of carbonyl (C=O) groups is 2. The van der Waals surface area contributed by atoms with Crippen molar-refractivity contribution in [1.82, 2.24) is 14.4 Å². The van der Waals surface area contributed by atoms with Crippen LogP contribution in [0.4, 0.5) is 10.7 Å². The van der Waals surface area contributed by atoms with Crippen LogP contribution in [0.3, 0.4) is 0 Å². The van der Waals surface area contributed by atoms with Crippen LogP contribution in [0.1, 0.15) is 17.4 Å². The maximum atomic E-state index is 12.9. The Kier molecular flexibility index (Phi) is 4.62. The van der Waals surface area contributed by atoms with Crippen LogP contribution in [0.15, 0.2) is 29.3 Å². The Morgan fingerprint density at radius 3 is 2.55 bits per heavy atom.